The molecule has 3 rings (SSSR count). The number of aromatic nitrogens is 3. The van der Waals surface area contributed by atoms with Crippen LogP contribution in [-0.2, 0) is 15.3 Å². The summed E-state index contributed by atoms with van der Waals surface area (Å²) in [6.45, 7) is 0. The maximum Gasteiger partial charge on any atom is 0.402 e. The number of rotatable bonds is 8. The Balaban J connectivity index is 0.00000261. The number of nitrogens with one attached hydrogen (secondary N) is 1. The molecule has 1 atom stereocenters. The van der Waals surface area contributed by atoms with Gasteiger partial charge in [0.05, 0.1) is 24.1 Å². The third-order valence-corrected chi connectivity index (χ3v) is 6.18. The molecule has 0 saturated heterocycles. The highest BCUT2D eigenvalue weighted by molar-refractivity contribution is 8.76. The third-order valence-electron chi connectivity index (χ3n) is 3.58. The van der Waals surface area contributed by atoms with Crippen molar-refractivity contribution in [2.24, 2.45) is 0 Å². The van der Waals surface area contributed by atoms with Crippen LogP contribution in [0.3, 0.4) is 0 Å². The molecule has 3 aromatic rings. The number of hydrogen-bond donors (Lipinski definition) is 3. The summed E-state index contributed by atoms with van der Waals surface area (Å²) in [5, 5.41) is 16.9. The van der Waals surface area contributed by atoms with E-state index in [-0.39, 0.29) is 12.4 Å². The maximum atomic E-state index is 11.1. The molecule has 0 aliphatic heterocycles. The zero-order valence-corrected chi connectivity index (χ0v) is 16.3. The summed E-state index contributed by atoms with van der Waals surface area (Å²) in [6, 6.07) is 13.4. The van der Waals surface area contributed by atoms with Gasteiger partial charge in [-0.3, -0.25) is 9.59 Å². The van der Waals surface area contributed by atoms with Gasteiger partial charge in [0.1, 0.15) is 10.8 Å². The van der Waals surface area contributed by atoms with Gasteiger partial charge in [0, 0.05) is 0 Å². The van der Waals surface area contributed by atoms with Gasteiger partial charge in [0.15, 0.2) is 5.52 Å². The van der Waals surface area contributed by atoms with E-state index >= 15 is 0 Å². The zero-order chi connectivity index (χ0) is 18.5. The monoisotopic (exact) mass is 425 g/mol. The summed E-state index contributed by atoms with van der Waals surface area (Å²) >= 11 is 0. The highest BCUT2D eigenvalue weighted by atomic mass is 35.5. The van der Waals surface area contributed by atoms with Crippen LogP contribution in [0.4, 0.5) is 0 Å². The number of benzene rings is 1. The third kappa shape index (κ3) is 5.38. The van der Waals surface area contributed by atoms with Gasteiger partial charge >= 0.3 is 17.9 Å². The largest absolute Gasteiger partial charge is 1.00 e. The van der Waals surface area contributed by atoms with Crippen LogP contribution in [0.2, 0.25) is 0 Å². The number of carboxylic acid groups (broad SMARTS) is 2. The van der Waals surface area contributed by atoms with Gasteiger partial charge in [-0.05, 0) is 24.3 Å². The molecule has 7 nitrogen and oxygen atoms in total. The van der Waals surface area contributed by atoms with Crippen LogP contribution in [0.1, 0.15) is 12.1 Å². The average Bonchev–Trinajstić information content (AvgIpc) is 3.04. The van der Waals surface area contributed by atoms with Crippen LogP contribution < -0.4 is 17.0 Å². The van der Waals surface area contributed by atoms with Crippen molar-refractivity contribution in [2.45, 2.75) is 17.4 Å². The molecule has 10 heteroatoms. The number of hydrogen-bond acceptors (Lipinski definition) is 5. The van der Waals surface area contributed by atoms with Crippen molar-refractivity contribution in [1.82, 2.24) is 9.97 Å². The number of aliphatic carboxylic acids is 2. The molecule has 142 valence electrons. The minimum absolute atomic E-state index is 0. The van der Waals surface area contributed by atoms with E-state index in [4.69, 9.17) is 10.2 Å². The standard InChI is InChI=1S/C17H15N3O4S2.ClH/c21-15(22)9-14(16(23)24)26-25-10-11-5-3-4-8-20(11)17-18-12-6-1-2-7-13(12)19-17;/h1-8,14H,9-10H2,(H2-,18,19,21,22,23,24);1H. The molecule has 2 aromatic heterocycles. The zero-order valence-electron chi connectivity index (χ0n) is 13.9. The second-order valence-corrected chi connectivity index (χ2v) is 7.99. The molecular formula is C17H16ClN3O4S2. The first kappa shape index (κ1) is 21.1. The van der Waals surface area contributed by atoms with E-state index in [1.165, 1.54) is 10.8 Å². The molecule has 0 spiro atoms. The van der Waals surface area contributed by atoms with E-state index in [1.54, 1.807) is 0 Å². The highest BCUT2D eigenvalue weighted by Gasteiger charge is 2.23. The minimum Gasteiger partial charge on any atom is -1.00 e. The number of carboxylic acids is 2. The van der Waals surface area contributed by atoms with E-state index in [1.807, 2.05) is 53.2 Å². The highest BCUT2D eigenvalue weighted by Crippen LogP contribution is 2.31. The fraction of sp³-hybridized carbons (Fsp3) is 0.176. The van der Waals surface area contributed by atoms with Gasteiger partial charge in [-0.2, -0.15) is 0 Å². The Kier molecular flexibility index (Phi) is 7.52. The van der Waals surface area contributed by atoms with E-state index < -0.39 is 23.6 Å². The van der Waals surface area contributed by atoms with Gasteiger partial charge in [-0.1, -0.05) is 44.8 Å². The molecular weight excluding hydrogens is 410 g/mol. The predicted octanol–water partition coefficient (Wildman–Crippen LogP) is -0.347. The van der Waals surface area contributed by atoms with Crippen LogP contribution >= 0.6 is 21.6 Å². The first-order valence-corrected chi connectivity index (χ1v) is 10.1. The molecule has 27 heavy (non-hydrogen) atoms. The predicted molar refractivity (Wildman–Crippen MR) is 100 cm³/mol. The van der Waals surface area contributed by atoms with Crippen LogP contribution in [0.25, 0.3) is 17.0 Å². The van der Waals surface area contributed by atoms with Crippen molar-refractivity contribution in [3.8, 4) is 5.95 Å². The van der Waals surface area contributed by atoms with Crippen molar-refractivity contribution in [1.29, 1.82) is 0 Å². The van der Waals surface area contributed by atoms with Crippen LogP contribution in [0, 0.1) is 0 Å². The quantitative estimate of drug-likeness (QED) is 0.334. The summed E-state index contributed by atoms with van der Waals surface area (Å²) in [4.78, 5) is 29.8. The molecule has 0 amide bonds. The Labute approximate surface area is 169 Å². The first-order valence-electron chi connectivity index (χ1n) is 7.72. The number of para-hydroxylation sites is 2. The number of H-pyrrole nitrogens is 1. The lowest BCUT2D eigenvalue weighted by atomic mass is 10.3. The Morgan fingerprint density at radius 2 is 1.89 bits per heavy atom. The Bertz CT molecular complexity index is 918. The number of pyridine rings is 1. The van der Waals surface area contributed by atoms with Crippen molar-refractivity contribution in [3.05, 3.63) is 54.4 Å². The molecule has 0 radical (unpaired) electrons. The lowest BCUT2D eigenvalue weighted by Crippen LogP contribution is -3.00. The van der Waals surface area contributed by atoms with Crippen LogP contribution in [0.15, 0.2) is 48.7 Å². The molecule has 0 aliphatic rings. The number of aromatic amines is 1. The topological polar surface area (TPSA) is 107 Å². The lowest BCUT2D eigenvalue weighted by molar-refractivity contribution is -0.610. The fourth-order valence-corrected chi connectivity index (χ4v) is 4.75. The Morgan fingerprint density at radius 1 is 1.15 bits per heavy atom. The molecule has 0 fully saturated rings. The maximum absolute atomic E-state index is 11.1. The van der Waals surface area contributed by atoms with Gasteiger partial charge < -0.3 is 22.6 Å². The number of halogens is 1. The smallest absolute Gasteiger partial charge is 0.402 e. The summed E-state index contributed by atoms with van der Waals surface area (Å²) in [7, 11) is 2.36. The van der Waals surface area contributed by atoms with Gasteiger partial charge in [0.25, 0.3) is 0 Å². The second kappa shape index (κ2) is 9.63. The van der Waals surface area contributed by atoms with Crippen molar-refractivity contribution in [2.75, 3.05) is 0 Å². The molecule has 0 saturated carbocycles. The van der Waals surface area contributed by atoms with E-state index in [0.29, 0.717) is 11.7 Å². The SMILES string of the molecule is O=C(O)CC(SSCc1cccc[n+]1-c1nc2ccccc2[nH]1)C(=O)O.[Cl-]. The van der Waals surface area contributed by atoms with Crippen molar-refractivity contribution >= 4 is 44.6 Å². The summed E-state index contributed by atoms with van der Waals surface area (Å²) in [5.41, 5.74) is 2.71. The summed E-state index contributed by atoms with van der Waals surface area (Å²) in [5.74, 6) is -1.07. The summed E-state index contributed by atoms with van der Waals surface area (Å²) in [6.07, 6.45) is 1.47. The Hall–Kier alpha value is -2.23. The number of nitrogens with zero attached hydrogens (tertiary/aromatic N) is 2. The molecule has 0 bridgehead atoms. The van der Waals surface area contributed by atoms with Crippen LogP contribution in [-0.4, -0.2) is 37.4 Å². The second-order valence-electron chi connectivity index (χ2n) is 5.42. The van der Waals surface area contributed by atoms with E-state index in [2.05, 4.69) is 9.97 Å². The molecule has 3 N–H and O–H groups in total. The van der Waals surface area contributed by atoms with Gasteiger partial charge in [-0.25, -0.2) is 9.55 Å². The number of carbonyl (C=O) groups is 2. The molecule has 0 aliphatic carbocycles. The Morgan fingerprint density at radius 3 is 2.59 bits per heavy atom. The molecule has 1 aromatic carbocycles. The number of fused-ring (bicyclic) bond motifs is 1. The molecule has 2 heterocycles. The van der Waals surface area contributed by atoms with Gasteiger partial charge in [0.2, 0.25) is 0 Å². The average molecular weight is 426 g/mol. The van der Waals surface area contributed by atoms with E-state index in [9.17, 15) is 9.59 Å². The van der Waals surface area contributed by atoms with Crippen molar-refractivity contribution in [3.63, 3.8) is 0 Å². The number of imidazole rings is 1. The van der Waals surface area contributed by atoms with Gasteiger partial charge in [-0.15, -0.1) is 0 Å². The lowest BCUT2D eigenvalue weighted by Gasteiger charge is -2.09. The molecule has 1 unspecified atom stereocenters. The van der Waals surface area contributed by atoms with Crippen molar-refractivity contribution < 1.29 is 36.8 Å². The first-order chi connectivity index (χ1) is 12.5. The van der Waals surface area contributed by atoms with Crippen LogP contribution in [0.5, 0.6) is 0 Å². The minimum atomic E-state index is -1.12. The van der Waals surface area contributed by atoms with E-state index in [0.717, 1.165) is 27.5 Å². The fourth-order valence-electron chi connectivity index (χ4n) is 2.35. The normalized spacial score (nSPS) is 11.7. The summed E-state index contributed by atoms with van der Waals surface area (Å²) < 4.78 is 1.90.